The van der Waals surface area contributed by atoms with Gasteiger partial charge in [-0.2, -0.15) is 5.10 Å². The van der Waals surface area contributed by atoms with E-state index < -0.39 is 0 Å². The van der Waals surface area contributed by atoms with Crippen LogP contribution in [0.2, 0.25) is 0 Å². The number of nitrogen functional groups attached to an aromatic ring is 1. The van der Waals surface area contributed by atoms with E-state index in [9.17, 15) is 0 Å². The van der Waals surface area contributed by atoms with Crippen LogP contribution in [-0.2, 0) is 0 Å². The van der Waals surface area contributed by atoms with Crippen LogP contribution in [0.3, 0.4) is 0 Å². The van der Waals surface area contributed by atoms with Crippen LogP contribution in [0.4, 0.5) is 5.69 Å². The number of hydrogen-bond donors (Lipinski definition) is 1. The molecule has 1 saturated carbocycles. The van der Waals surface area contributed by atoms with Gasteiger partial charge >= 0.3 is 0 Å². The largest absolute Gasteiger partial charge is 0.399 e. The number of nitrogens with two attached hydrogens (primary N) is 1. The summed E-state index contributed by atoms with van der Waals surface area (Å²) in [6.07, 6.45) is 10.1. The van der Waals surface area contributed by atoms with E-state index in [1.807, 2.05) is 18.3 Å². The second-order valence-electron chi connectivity index (χ2n) is 6.61. The monoisotopic (exact) mass is 284 g/mol. The summed E-state index contributed by atoms with van der Waals surface area (Å²) in [6.45, 7) is 2.46. The molecule has 112 valence electrons. The minimum atomic E-state index is 0.545. The Balaban J connectivity index is 1.49. The van der Waals surface area contributed by atoms with Crippen LogP contribution >= 0.6 is 0 Å². The average molecular weight is 284 g/mol. The van der Waals surface area contributed by atoms with E-state index in [0.29, 0.717) is 6.04 Å². The summed E-state index contributed by atoms with van der Waals surface area (Å²) < 4.78 is 2.22. The van der Waals surface area contributed by atoms with Gasteiger partial charge in [-0.05, 0) is 43.9 Å². The van der Waals surface area contributed by atoms with Crippen LogP contribution in [0.1, 0.15) is 44.6 Å². The van der Waals surface area contributed by atoms with Crippen LogP contribution in [0.25, 0.3) is 10.9 Å². The van der Waals surface area contributed by atoms with Crippen molar-refractivity contribution in [2.45, 2.75) is 50.6 Å². The highest BCUT2D eigenvalue weighted by atomic mass is 15.3. The normalized spacial score (nSPS) is 22.3. The molecule has 1 aromatic carbocycles. The third-order valence-corrected chi connectivity index (χ3v) is 5.31. The molecular weight excluding hydrogens is 260 g/mol. The quantitative estimate of drug-likeness (QED) is 0.861. The molecule has 1 aliphatic carbocycles. The minimum absolute atomic E-state index is 0.545. The Bertz CT molecular complexity index is 619. The lowest BCUT2D eigenvalue weighted by atomic mass is 10.0. The second kappa shape index (κ2) is 5.34. The van der Waals surface area contributed by atoms with Gasteiger partial charge in [-0.25, -0.2) is 0 Å². The molecule has 0 radical (unpaired) electrons. The zero-order valence-electron chi connectivity index (χ0n) is 12.5. The van der Waals surface area contributed by atoms with Crippen LogP contribution in [-0.4, -0.2) is 33.8 Å². The number of benzene rings is 1. The molecule has 2 aromatic rings. The van der Waals surface area contributed by atoms with Crippen molar-refractivity contribution in [2.75, 3.05) is 18.8 Å². The summed E-state index contributed by atoms with van der Waals surface area (Å²) in [5.41, 5.74) is 7.90. The van der Waals surface area contributed by atoms with E-state index in [1.54, 1.807) is 0 Å². The van der Waals surface area contributed by atoms with E-state index in [1.165, 1.54) is 57.1 Å². The van der Waals surface area contributed by atoms with Crippen molar-refractivity contribution < 1.29 is 0 Å². The van der Waals surface area contributed by atoms with Crippen LogP contribution in [0.15, 0.2) is 24.4 Å². The number of hydrogen-bond acceptors (Lipinski definition) is 3. The molecule has 4 nitrogen and oxygen atoms in total. The number of aromatic nitrogens is 2. The molecular formula is C17H24N4. The van der Waals surface area contributed by atoms with Crippen molar-refractivity contribution >= 4 is 16.6 Å². The number of rotatable bonds is 2. The lowest BCUT2D eigenvalue weighted by Crippen LogP contribution is -2.40. The molecule has 0 bridgehead atoms. The van der Waals surface area contributed by atoms with Gasteiger partial charge in [0, 0.05) is 30.2 Å². The molecule has 4 rings (SSSR count). The first-order valence-corrected chi connectivity index (χ1v) is 8.28. The van der Waals surface area contributed by atoms with Gasteiger partial charge in [0.15, 0.2) is 0 Å². The number of fused-ring (bicyclic) bond motifs is 1. The Hall–Kier alpha value is -1.55. The summed E-state index contributed by atoms with van der Waals surface area (Å²) in [6, 6.07) is 7.52. The van der Waals surface area contributed by atoms with Crippen LogP contribution in [0, 0.1) is 0 Å². The Morgan fingerprint density at radius 3 is 2.52 bits per heavy atom. The molecule has 2 aliphatic rings. The molecule has 2 heterocycles. The Morgan fingerprint density at radius 1 is 1.00 bits per heavy atom. The summed E-state index contributed by atoms with van der Waals surface area (Å²) >= 11 is 0. The molecule has 0 amide bonds. The smallest absolute Gasteiger partial charge is 0.0687 e. The highest BCUT2D eigenvalue weighted by Gasteiger charge is 2.28. The fourth-order valence-corrected chi connectivity index (χ4v) is 4.13. The highest BCUT2D eigenvalue weighted by molar-refractivity contribution is 5.82. The average Bonchev–Trinajstić information content (AvgIpc) is 3.16. The number of piperidine rings is 1. The van der Waals surface area contributed by atoms with E-state index in [2.05, 4.69) is 20.7 Å². The van der Waals surface area contributed by atoms with Crippen LogP contribution in [0.5, 0.6) is 0 Å². The molecule has 2 N–H and O–H groups in total. The Morgan fingerprint density at radius 2 is 1.76 bits per heavy atom. The lowest BCUT2D eigenvalue weighted by Gasteiger charge is -2.36. The summed E-state index contributed by atoms with van der Waals surface area (Å²) in [4.78, 5) is 2.72. The molecule has 4 heteroatoms. The standard InChI is InChI=1S/C17H24N4/c18-14-5-6-17-13(11-14)12-19-21(17)16-7-9-20(10-8-16)15-3-1-2-4-15/h5-6,11-12,15-16H,1-4,7-10,18H2. The Kier molecular flexibility index (Phi) is 3.34. The van der Waals surface area contributed by atoms with Crippen molar-refractivity contribution in [1.82, 2.24) is 14.7 Å². The predicted octanol–water partition coefficient (Wildman–Crippen LogP) is 3.20. The maximum Gasteiger partial charge on any atom is 0.0687 e. The zero-order chi connectivity index (χ0) is 14.2. The highest BCUT2D eigenvalue weighted by Crippen LogP contribution is 2.31. The summed E-state index contributed by atoms with van der Waals surface area (Å²) in [5.74, 6) is 0. The maximum atomic E-state index is 5.86. The number of anilines is 1. The number of nitrogens with zero attached hydrogens (tertiary/aromatic N) is 3. The van der Waals surface area contributed by atoms with Gasteiger partial charge < -0.3 is 10.6 Å². The van der Waals surface area contributed by atoms with Gasteiger partial charge in [-0.15, -0.1) is 0 Å². The van der Waals surface area contributed by atoms with Gasteiger partial charge in [0.2, 0.25) is 0 Å². The third-order valence-electron chi connectivity index (χ3n) is 5.31. The zero-order valence-corrected chi connectivity index (χ0v) is 12.5. The molecule has 0 spiro atoms. The molecule has 1 aromatic heterocycles. The molecule has 1 saturated heterocycles. The third kappa shape index (κ3) is 2.42. The van der Waals surface area contributed by atoms with E-state index in [4.69, 9.17) is 5.73 Å². The first-order valence-electron chi connectivity index (χ1n) is 8.28. The molecule has 0 unspecified atom stereocenters. The second-order valence-corrected chi connectivity index (χ2v) is 6.61. The van der Waals surface area contributed by atoms with Gasteiger partial charge in [-0.3, -0.25) is 4.68 Å². The minimum Gasteiger partial charge on any atom is -0.399 e. The van der Waals surface area contributed by atoms with E-state index in [-0.39, 0.29) is 0 Å². The fourth-order valence-electron chi connectivity index (χ4n) is 4.13. The maximum absolute atomic E-state index is 5.86. The van der Waals surface area contributed by atoms with Gasteiger partial charge in [0.1, 0.15) is 0 Å². The van der Waals surface area contributed by atoms with E-state index in [0.717, 1.165) is 17.1 Å². The summed E-state index contributed by atoms with van der Waals surface area (Å²) in [7, 11) is 0. The van der Waals surface area contributed by atoms with Gasteiger partial charge in [0.25, 0.3) is 0 Å². The molecule has 2 fully saturated rings. The van der Waals surface area contributed by atoms with Crippen molar-refractivity contribution in [3.8, 4) is 0 Å². The van der Waals surface area contributed by atoms with Crippen molar-refractivity contribution in [3.05, 3.63) is 24.4 Å². The molecule has 21 heavy (non-hydrogen) atoms. The van der Waals surface area contributed by atoms with Crippen molar-refractivity contribution in [2.24, 2.45) is 0 Å². The lowest BCUT2D eigenvalue weighted by molar-refractivity contribution is 0.134. The topological polar surface area (TPSA) is 47.1 Å². The first-order chi connectivity index (χ1) is 10.3. The molecule has 0 atom stereocenters. The SMILES string of the molecule is Nc1ccc2c(cnn2C2CCN(C3CCCC3)CC2)c1. The predicted molar refractivity (Wildman–Crippen MR) is 86.2 cm³/mol. The first kappa shape index (κ1) is 13.1. The summed E-state index contributed by atoms with van der Waals surface area (Å²) in [5, 5.41) is 5.79. The molecule has 1 aliphatic heterocycles. The Labute approximate surface area is 125 Å². The van der Waals surface area contributed by atoms with E-state index >= 15 is 0 Å². The van der Waals surface area contributed by atoms with Gasteiger partial charge in [0.05, 0.1) is 17.8 Å². The van der Waals surface area contributed by atoms with Crippen LogP contribution < -0.4 is 5.73 Å². The fraction of sp³-hybridized carbons (Fsp3) is 0.588. The van der Waals surface area contributed by atoms with Crippen molar-refractivity contribution in [3.63, 3.8) is 0 Å². The number of likely N-dealkylation sites (tertiary alicyclic amines) is 1. The van der Waals surface area contributed by atoms with Crippen molar-refractivity contribution in [1.29, 1.82) is 0 Å². The van der Waals surface area contributed by atoms with Gasteiger partial charge in [-0.1, -0.05) is 12.8 Å².